The van der Waals surface area contributed by atoms with Crippen molar-refractivity contribution in [3.63, 3.8) is 0 Å². The molecule has 0 N–H and O–H groups in total. The number of carbonyl (C=O) groups is 2. The Labute approximate surface area is 127 Å². The molecule has 1 aliphatic heterocycles. The molecule has 1 unspecified atom stereocenters. The van der Waals surface area contributed by atoms with Crippen LogP contribution < -0.4 is 0 Å². The van der Waals surface area contributed by atoms with Gasteiger partial charge in [-0.2, -0.15) is 0 Å². The minimum Gasteiger partial charge on any atom is -0.464 e. The fourth-order valence-electron chi connectivity index (χ4n) is 2.93. The maximum absolute atomic E-state index is 11.8. The topological polar surface area (TPSA) is 52.6 Å². The van der Waals surface area contributed by atoms with Gasteiger partial charge in [0.05, 0.1) is 0 Å². The fraction of sp³-hybridized carbons (Fsp3) is 0.765. The predicted molar refractivity (Wildman–Crippen MR) is 81.6 cm³/mol. The van der Waals surface area contributed by atoms with E-state index >= 15 is 0 Å². The van der Waals surface area contributed by atoms with Gasteiger partial charge in [-0.15, -0.1) is 0 Å². The third-order valence-electron chi connectivity index (χ3n) is 3.64. The van der Waals surface area contributed by atoms with Crippen LogP contribution in [-0.4, -0.2) is 25.2 Å². The summed E-state index contributed by atoms with van der Waals surface area (Å²) in [6.07, 6.45) is 5.52. The van der Waals surface area contributed by atoms with E-state index in [9.17, 15) is 9.59 Å². The first-order chi connectivity index (χ1) is 9.92. The Balaban J connectivity index is 2.55. The Hall–Kier alpha value is -1.32. The van der Waals surface area contributed by atoms with Crippen molar-refractivity contribution in [1.29, 1.82) is 0 Å². The maximum atomic E-state index is 11.8. The minimum atomic E-state index is -0.317. The molecule has 0 bridgehead atoms. The lowest BCUT2D eigenvalue weighted by atomic mass is 9.86. The molecule has 1 atom stereocenters. The third-order valence-corrected chi connectivity index (χ3v) is 3.64. The highest BCUT2D eigenvalue weighted by molar-refractivity contribution is 5.90. The zero-order chi connectivity index (χ0) is 15.8. The Morgan fingerprint density at radius 3 is 2.38 bits per heavy atom. The Bertz CT molecular complexity index is 361. The van der Waals surface area contributed by atoms with E-state index < -0.39 is 0 Å². The number of hydrogen-bond acceptors (Lipinski definition) is 4. The molecule has 0 saturated carbocycles. The minimum absolute atomic E-state index is 0.147. The van der Waals surface area contributed by atoms with Gasteiger partial charge in [-0.1, -0.05) is 33.8 Å². The standard InChI is InChI=1S/C17H28O4/c1-12(2)7-14(8-13(3)4)5-6-15-9-16(10-20-11-18)21-17(15)19/h6,11-14,16H,5,7-10H2,1-4H3/b15-6+. The van der Waals surface area contributed by atoms with E-state index in [1.807, 2.05) is 6.08 Å². The van der Waals surface area contributed by atoms with Crippen molar-refractivity contribution >= 4 is 12.4 Å². The van der Waals surface area contributed by atoms with Crippen molar-refractivity contribution in [2.75, 3.05) is 6.61 Å². The molecule has 0 aromatic heterocycles. The van der Waals surface area contributed by atoms with Crippen LogP contribution in [-0.2, 0) is 19.1 Å². The van der Waals surface area contributed by atoms with E-state index in [1.165, 1.54) is 12.8 Å². The Kier molecular flexibility index (Phi) is 7.48. The highest BCUT2D eigenvalue weighted by Crippen LogP contribution is 2.27. The third kappa shape index (κ3) is 6.78. The van der Waals surface area contributed by atoms with Crippen molar-refractivity contribution in [2.24, 2.45) is 17.8 Å². The molecule has 0 aromatic carbocycles. The largest absolute Gasteiger partial charge is 0.464 e. The van der Waals surface area contributed by atoms with Gasteiger partial charge in [0, 0.05) is 12.0 Å². The van der Waals surface area contributed by atoms with Crippen LogP contribution in [0.15, 0.2) is 11.6 Å². The summed E-state index contributed by atoms with van der Waals surface area (Å²) in [4.78, 5) is 21.9. The molecule has 0 radical (unpaired) electrons. The predicted octanol–water partition coefficient (Wildman–Crippen LogP) is 3.50. The second-order valence-electron chi connectivity index (χ2n) is 6.75. The summed E-state index contributed by atoms with van der Waals surface area (Å²) < 4.78 is 9.84. The van der Waals surface area contributed by atoms with Crippen LogP contribution in [0.2, 0.25) is 0 Å². The summed E-state index contributed by atoms with van der Waals surface area (Å²) in [7, 11) is 0. The Morgan fingerprint density at radius 1 is 1.24 bits per heavy atom. The molecule has 0 amide bonds. The zero-order valence-electron chi connectivity index (χ0n) is 13.6. The molecule has 0 aromatic rings. The van der Waals surface area contributed by atoms with Gasteiger partial charge in [-0.3, -0.25) is 4.79 Å². The highest BCUT2D eigenvalue weighted by atomic mass is 16.6. The van der Waals surface area contributed by atoms with Crippen molar-refractivity contribution in [2.45, 2.75) is 59.5 Å². The summed E-state index contributed by atoms with van der Waals surface area (Å²) >= 11 is 0. The van der Waals surface area contributed by atoms with Crippen LogP contribution in [0, 0.1) is 17.8 Å². The van der Waals surface area contributed by atoms with Crippen molar-refractivity contribution in [3.8, 4) is 0 Å². The molecule has 120 valence electrons. The number of rotatable bonds is 9. The van der Waals surface area contributed by atoms with E-state index in [1.54, 1.807) is 0 Å². The molecule has 4 heteroatoms. The summed E-state index contributed by atoms with van der Waals surface area (Å²) in [5, 5.41) is 0. The van der Waals surface area contributed by atoms with Crippen LogP contribution in [0.25, 0.3) is 0 Å². The van der Waals surface area contributed by atoms with Crippen molar-refractivity contribution in [3.05, 3.63) is 11.6 Å². The van der Waals surface area contributed by atoms with E-state index in [2.05, 4.69) is 32.4 Å². The first-order valence-corrected chi connectivity index (χ1v) is 7.87. The average Bonchev–Trinajstić information content (AvgIpc) is 2.73. The molecule has 1 rings (SSSR count). The van der Waals surface area contributed by atoms with Crippen LogP contribution in [0.4, 0.5) is 0 Å². The molecule has 0 aliphatic carbocycles. The average molecular weight is 296 g/mol. The van der Waals surface area contributed by atoms with E-state index in [0.717, 1.165) is 12.0 Å². The first-order valence-electron chi connectivity index (χ1n) is 7.87. The normalized spacial score (nSPS) is 20.6. The van der Waals surface area contributed by atoms with Gasteiger partial charge in [-0.05, 0) is 37.0 Å². The zero-order valence-corrected chi connectivity index (χ0v) is 13.6. The molecule has 21 heavy (non-hydrogen) atoms. The number of hydrogen-bond donors (Lipinski definition) is 0. The van der Waals surface area contributed by atoms with Crippen molar-refractivity contribution < 1.29 is 19.1 Å². The molecule has 1 heterocycles. The quantitative estimate of drug-likeness (QED) is 0.371. The molecule has 0 spiro atoms. The SMILES string of the molecule is CC(C)CC(C/C=C1\CC(COC=O)OC1=O)CC(C)C. The number of allylic oxidation sites excluding steroid dienone is 1. The Morgan fingerprint density at radius 2 is 1.86 bits per heavy atom. The van der Waals surface area contributed by atoms with Crippen LogP contribution >= 0.6 is 0 Å². The molecular weight excluding hydrogens is 268 g/mol. The molecule has 1 saturated heterocycles. The van der Waals surface area contributed by atoms with Gasteiger partial charge in [0.25, 0.3) is 6.47 Å². The monoisotopic (exact) mass is 296 g/mol. The van der Waals surface area contributed by atoms with Gasteiger partial charge in [0.15, 0.2) is 0 Å². The number of carbonyl (C=O) groups excluding carboxylic acids is 2. The van der Waals surface area contributed by atoms with Crippen LogP contribution in [0.5, 0.6) is 0 Å². The van der Waals surface area contributed by atoms with Crippen LogP contribution in [0.3, 0.4) is 0 Å². The lowest BCUT2D eigenvalue weighted by Crippen LogP contribution is -2.14. The van der Waals surface area contributed by atoms with E-state index in [0.29, 0.717) is 30.6 Å². The second kappa shape index (κ2) is 8.85. The second-order valence-corrected chi connectivity index (χ2v) is 6.75. The van der Waals surface area contributed by atoms with Gasteiger partial charge in [-0.25, -0.2) is 4.79 Å². The summed E-state index contributed by atoms with van der Waals surface area (Å²) in [6, 6.07) is 0. The number of cyclic esters (lactones) is 1. The molecule has 4 nitrogen and oxygen atoms in total. The van der Waals surface area contributed by atoms with Gasteiger partial charge >= 0.3 is 5.97 Å². The van der Waals surface area contributed by atoms with E-state index in [-0.39, 0.29) is 18.7 Å². The summed E-state index contributed by atoms with van der Waals surface area (Å²) in [6.45, 7) is 9.47. The van der Waals surface area contributed by atoms with Crippen LogP contribution in [0.1, 0.15) is 53.4 Å². The number of esters is 1. The van der Waals surface area contributed by atoms with Gasteiger partial charge in [0.2, 0.25) is 0 Å². The maximum Gasteiger partial charge on any atom is 0.334 e. The molecule has 1 aliphatic rings. The summed E-state index contributed by atoms with van der Waals surface area (Å²) in [5.74, 6) is 1.67. The van der Waals surface area contributed by atoms with E-state index in [4.69, 9.17) is 4.74 Å². The fourth-order valence-corrected chi connectivity index (χ4v) is 2.93. The summed E-state index contributed by atoms with van der Waals surface area (Å²) in [5.41, 5.74) is 0.729. The number of ether oxygens (including phenoxy) is 2. The molecule has 1 fully saturated rings. The lowest BCUT2D eigenvalue weighted by molar-refractivity contribution is -0.144. The highest BCUT2D eigenvalue weighted by Gasteiger charge is 2.29. The van der Waals surface area contributed by atoms with Gasteiger partial charge < -0.3 is 9.47 Å². The first kappa shape index (κ1) is 17.7. The van der Waals surface area contributed by atoms with Gasteiger partial charge in [0.1, 0.15) is 12.7 Å². The smallest absolute Gasteiger partial charge is 0.334 e. The lowest BCUT2D eigenvalue weighted by Gasteiger charge is -2.19. The molecular formula is C17H28O4. The van der Waals surface area contributed by atoms with Crippen molar-refractivity contribution in [1.82, 2.24) is 0 Å².